The maximum absolute atomic E-state index is 11.0. The molecule has 0 saturated heterocycles. The highest BCUT2D eigenvalue weighted by Crippen LogP contribution is 2.27. The van der Waals surface area contributed by atoms with E-state index in [9.17, 15) is 14.9 Å². The van der Waals surface area contributed by atoms with Crippen LogP contribution in [0.25, 0.3) is 11.4 Å². The smallest absolute Gasteiger partial charge is 0.339 e. The number of carboxylic acids is 1. The van der Waals surface area contributed by atoms with Crippen LogP contribution in [0.1, 0.15) is 23.0 Å². The Morgan fingerprint density at radius 2 is 2.10 bits per heavy atom. The van der Waals surface area contributed by atoms with E-state index in [1.54, 1.807) is 19.1 Å². The van der Waals surface area contributed by atoms with E-state index in [4.69, 9.17) is 5.11 Å². The molecule has 0 aliphatic carbocycles. The van der Waals surface area contributed by atoms with Crippen molar-refractivity contribution in [3.05, 3.63) is 51.8 Å². The largest absolute Gasteiger partial charge is 0.478 e. The number of nitrogens with zero attached hydrogens (tertiary/aromatic N) is 3. The standard InChI is InChI=1S/C13H11N3O4/c1-2-10-9(13(17)18)7-14-12(15-10)8-5-3-4-6-11(8)16(19)20/h3-7H,2H2,1H3,(H,17,18). The van der Waals surface area contributed by atoms with Crippen molar-refractivity contribution in [3.8, 4) is 11.4 Å². The van der Waals surface area contributed by atoms with Gasteiger partial charge in [-0.1, -0.05) is 19.1 Å². The molecular weight excluding hydrogens is 262 g/mol. The zero-order valence-electron chi connectivity index (χ0n) is 10.6. The molecule has 1 N–H and O–H groups in total. The third-order valence-corrected chi connectivity index (χ3v) is 2.77. The Morgan fingerprint density at radius 3 is 2.70 bits per heavy atom. The summed E-state index contributed by atoms with van der Waals surface area (Å²) in [5.41, 5.74) is 0.511. The van der Waals surface area contributed by atoms with Gasteiger partial charge < -0.3 is 5.11 Å². The fourth-order valence-corrected chi connectivity index (χ4v) is 1.82. The van der Waals surface area contributed by atoms with Crippen molar-refractivity contribution in [2.75, 3.05) is 0 Å². The highest BCUT2D eigenvalue weighted by Gasteiger charge is 2.19. The zero-order chi connectivity index (χ0) is 14.7. The Balaban J connectivity index is 2.60. The zero-order valence-corrected chi connectivity index (χ0v) is 10.6. The molecule has 0 radical (unpaired) electrons. The lowest BCUT2D eigenvalue weighted by molar-refractivity contribution is -0.384. The second kappa shape index (κ2) is 5.43. The number of rotatable bonds is 4. The third-order valence-electron chi connectivity index (χ3n) is 2.77. The summed E-state index contributed by atoms with van der Waals surface area (Å²) >= 11 is 0. The fraction of sp³-hybridized carbons (Fsp3) is 0.154. The van der Waals surface area contributed by atoms with Crippen molar-refractivity contribution in [1.82, 2.24) is 9.97 Å². The second-order valence-corrected chi connectivity index (χ2v) is 3.99. The molecule has 0 unspecified atom stereocenters. The lowest BCUT2D eigenvalue weighted by Crippen LogP contribution is -2.07. The Morgan fingerprint density at radius 1 is 1.40 bits per heavy atom. The minimum absolute atomic E-state index is 0.00911. The maximum atomic E-state index is 11.0. The number of benzene rings is 1. The first kappa shape index (κ1) is 13.6. The summed E-state index contributed by atoms with van der Waals surface area (Å²) in [6, 6.07) is 6.08. The Hall–Kier alpha value is -2.83. The van der Waals surface area contributed by atoms with Crippen LogP contribution in [0.4, 0.5) is 5.69 Å². The molecule has 7 heteroatoms. The number of nitro benzene ring substituents is 1. The molecule has 1 aromatic carbocycles. The van der Waals surface area contributed by atoms with Gasteiger partial charge in [0.1, 0.15) is 0 Å². The average Bonchev–Trinajstić information content (AvgIpc) is 2.46. The highest BCUT2D eigenvalue weighted by atomic mass is 16.6. The Kier molecular flexibility index (Phi) is 3.69. The van der Waals surface area contributed by atoms with E-state index >= 15 is 0 Å². The van der Waals surface area contributed by atoms with Crippen LogP contribution in [0.5, 0.6) is 0 Å². The molecule has 0 amide bonds. The lowest BCUT2D eigenvalue weighted by atomic mass is 10.1. The number of carbonyl (C=O) groups is 1. The fourth-order valence-electron chi connectivity index (χ4n) is 1.82. The van der Waals surface area contributed by atoms with Crippen molar-refractivity contribution >= 4 is 11.7 Å². The summed E-state index contributed by atoms with van der Waals surface area (Å²) in [6.45, 7) is 1.76. The normalized spacial score (nSPS) is 10.2. The summed E-state index contributed by atoms with van der Waals surface area (Å²) in [7, 11) is 0. The van der Waals surface area contributed by atoms with Gasteiger partial charge in [-0.05, 0) is 12.5 Å². The SMILES string of the molecule is CCc1nc(-c2ccccc2[N+](=O)[O-])ncc1C(=O)O. The molecule has 0 bridgehead atoms. The van der Waals surface area contributed by atoms with Crippen LogP contribution < -0.4 is 0 Å². The van der Waals surface area contributed by atoms with E-state index in [1.807, 2.05) is 0 Å². The number of aromatic carboxylic acids is 1. The quantitative estimate of drug-likeness (QED) is 0.676. The minimum atomic E-state index is -1.11. The Bertz CT molecular complexity index is 685. The van der Waals surface area contributed by atoms with Crippen LogP contribution in [0.3, 0.4) is 0 Å². The monoisotopic (exact) mass is 273 g/mol. The number of aromatic nitrogens is 2. The summed E-state index contributed by atoms with van der Waals surface area (Å²) in [5.74, 6) is -0.963. The van der Waals surface area contributed by atoms with Crippen molar-refractivity contribution in [3.63, 3.8) is 0 Å². The lowest BCUT2D eigenvalue weighted by Gasteiger charge is -2.06. The van der Waals surface area contributed by atoms with E-state index in [-0.39, 0.29) is 22.6 Å². The summed E-state index contributed by atoms with van der Waals surface area (Å²) in [4.78, 5) is 29.5. The van der Waals surface area contributed by atoms with E-state index in [2.05, 4.69) is 9.97 Å². The first-order valence-electron chi connectivity index (χ1n) is 5.87. The molecule has 20 heavy (non-hydrogen) atoms. The van der Waals surface area contributed by atoms with Crippen LogP contribution in [0.2, 0.25) is 0 Å². The van der Waals surface area contributed by atoms with Gasteiger partial charge in [0.05, 0.1) is 21.7 Å². The van der Waals surface area contributed by atoms with Gasteiger partial charge in [0.15, 0.2) is 5.82 Å². The molecular formula is C13H11N3O4. The minimum Gasteiger partial charge on any atom is -0.478 e. The van der Waals surface area contributed by atoms with Gasteiger partial charge in [-0.2, -0.15) is 0 Å². The predicted octanol–water partition coefficient (Wildman–Crippen LogP) is 2.31. The number of para-hydroxylation sites is 1. The van der Waals surface area contributed by atoms with Crippen molar-refractivity contribution < 1.29 is 14.8 Å². The highest BCUT2D eigenvalue weighted by molar-refractivity contribution is 5.88. The molecule has 0 spiro atoms. The number of hydrogen-bond donors (Lipinski definition) is 1. The van der Waals surface area contributed by atoms with E-state index < -0.39 is 10.9 Å². The van der Waals surface area contributed by atoms with Crippen LogP contribution >= 0.6 is 0 Å². The number of carboxylic acid groups (broad SMARTS) is 1. The van der Waals surface area contributed by atoms with Crippen LogP contribution in [0, 0.1) is 10.1 Å². The molecule has 0 aliphatic rings. The summed E-state index contributed by atoms with van der Waals surface area (Å²) in [6.07, 6.45) is 1.58. The molecule has 102 valence electrons. The van der Waals surface area contributed by atoms with Crippen LogP contribution in [-0.2, 0) is 6.42 Å². The molecule has 0 aliphatic heterocycles. The van der Waals surface area contributed by atoms with E-state index in [1.165, 1.54) is 18.3 Å². The van der Waals surface area contributed by atoms with Gasteiger partial charge in [-0.25, -0.2) is 14.8 Å². The molecule has 0 fully saturated rings. The van der Waals surface area contributed by atoms with Gasteiger partial charge >= 0.3 is 5.97 Å². The van der Waals surface area contributed by atoms with Gasteiger partial charge in [0.2, 0.25) is 0 Å². The molecule has 2 rings (SSSR count). The summed E-state index contributed by atoms with van der Waals surface area (Å²) < 4.78 is 0. The molecule has 0 atom stereocenters. The van der Waals surface area contributed by atoms with Crippen LogP contribution in [0.15, 0.2) is 30.5 Å². The molecule has 1 aromatic heterocycles. The molecule has 7 nitrogen and oxygen atoms in total. The number of aryl methyl sites for hydroxylation is 1. The van der Waals surface area contributed by atoms with Crippen LogP contribution in [-0.4, -0.2) is 26.0 Å². The van der Waals surface area contributed by atoms with E-state index in [0.29, 0.717) is 12.1 Å². The van der Waals surface area contributed by atoms with Gasteiger partial charge in [0.25, 0.3) is 5.69 Å². The van der Waals surface area contributed by atoms with Crippen molar-refractivity contribution in [2.45, 2.75) is 13.3 Å². The Labute approximate surface area is 114 Å². The first-order chi connectivity index (χ1) is 9.54. The van der Waals surface area contributed by atoms with Crippen molar-refractivity contribution in [1.29, 1.82) is 0 Å². The molecule has 0 saturated carbocycles. The first-order valence-corrected chi connectivity index (χ1v) is 5.87. The third kappa shape index (κ3) is 2.46. The van der Waals surface area contributed by atoms with Gasteiger partial charge in [0, 0.05) is 12.3 Å². The van der Waals surface area contributed by atoms with Gasteiger partial charge in [-0.15, -0.1) is 0 Å². The predicted molar refractivity (Wildman–Crippen MR) is 70.5 cm³/mol. The average molecular weight is 273 g/mol. The maximum Gasteiger partial charge on any atom is 0.339 e. The molecule has 1 heterocycles. The second-order valence-electron chi connectivity index (χ2n) is 3.99. The molecule has 2 aromatic rings. The number of hydrogen-bond acceptors (Lipinski definition) is 5. The topological polar surface area (TPSA) is 106 Å². The van der Waals surface area contributed by atoms with E-state index in [0.717, 1.165) is 0 Å². The summed E-state index contributed by atoms with van der Waals surface area (Å²) in [5, 5.41) is 20.0. The van der Waals surface area contributed by atoms with Crippen molar-refractivity contribution in [2.24, 2.45) is 0 Å². The number of nitro groups is 1. The van der Waals surface area contributed by atoms with Gasteiger partial charge in [-0.3, -0.25) is 10.1 Å².